The number of aromatic nitrogens is 1. The highest BCUT2D eigenvalue weighted by Gasteiger charge is 2.24. The monoisotopic (exact) mass is 263 g/mol. The lowest BCUT2D eigenvalue weighted by Crippen LogP contribution is -2.38. The first-order chi connectivity index (χ1) is 8.83. The molecule has 1 amide bonds. The number of pyridine rings is 1. The van der Waals surface area contributed by atoms with Gasteiger partial charge in [-0.15, -0.1) is 0 Å². The van der Waals surface area contributed by atoms with Gasteiger partial charge in [-0.2, -0.15) is 0 Å². The molecule has 1 heterocycles. The molecule has 0 bridgehead atoms. The Labute approximate surface area is 115 Å². The van der Waals surface area contributed by atoms with Crippen molar-refractivity contribution in [3.05, 3.63) is 30.1 Å². The highest BCUT2D eigenvalue weighted by Crippen LogP contribution is 2.24. The molecule has 106 valence electrons. The molecule has 2 unspecified atom stereocenters. The number of nitrogens with one attached hydrogen (secondary N) is 1. The number of rotatable bonds is 5. The van der Waals surface area contributed by atoms with Gasteiger partial charge in [0.2, 0.25) is 5.91 Å². The van der Waals surface area contributed by atoms with Gasteiger partial charge in [0, 0.05) is 12.7 Å². The summed E-state index contributed by atoms with van der Waals surface area (Å²) in [4.78, 5) is 16.5. The third-order valence-corrected chi connectivity index (χ3v) is 3.00. The van der Waals surface area contributed by atoms with E-state index in [4.69, 9.17) is 5.73 Å². The maximum absolute atomic E-state index is 12.2. The lowest BCUT2D eigenvalue weighted by Gasteiger charge is -2.25. The van der Waals surface area contributed by atoms with Gasteiger partial charge < -0.3 is 11.1 Å². The number of nitrogens with two attached hydrogens (primary N) is 1. The summed E-state index contributed by atoms with van der Waals surface area (Å²) in [7, 11) is 0. The maximum Gasteiger partial charge on any atom is 0.224 e. The first-order valence-electron chi connectivity index (χ1n) is 6.75. The summed E-state index contributed by atoms with van der Waals surface area (Å²) in [6.45, 7) is 8.66. The van der Waals surface area contributed by atoms with Crippen LogP contribution in [0.4, 0.5) is 0 Å². The molecule has 1 rings (SSSR count). The average Bonchev–Trinajstić information content (AvgIpc) is 2.35. The van der Waals surface area contributed by atoms with Crippen molar-refractivity contribution in [2.45, 2.75) is 40.2 Å². The van der Waals surface area contributed by atoms with Crippen LogP contribution in [0.2, 0.25) is 0 Å². The van der Waals surface area contributed by atoms with Gasteiger partial charge in [-0.05, 0) is 30.9 Å². The molecule has 0 aliphatic heterocycles. The van der Waals surface area contributed by atoms with E-state index in [1.807, 2.05) is 25.1 Å². The molecule has 0 radical (unpaired) electrons. The Morgan fingerprint density at radius 2 is 2.11 bits per heavy atom. The van der Waals surface area contributed by atoms with Crippen molar-refractivity contribution in [2.75, 3.05) is 6.54 Å². The van der Waals surface area contributed by atoms with Crippen LogP contribution in [0, 0.1) is 11.3 Å². The third kappa shape index (κ3) is 5.39. The van der Waals surface area contributed by atoms with E-state index in [9.17, 15) is 4.79 Å². The normalized spacial score (nSPS) is 14.8. The zero-order chi connectivity index (χ0) is 14.5. The van der Waals surface area contributed by atoms with Gasteiger partial charge in [-0.1, -0.05) is 26.8 Å². The van der Waals surface area contributed by atoms with E-state index < -0.39 is 0 Å². The van der Waals surface area contributed by atoms with Crippen molar-refractivity contribution in [2.24, 2.45) is 17.1 Å². The predicted octanol–water partition coefficient (Wildman–Crippen LogP) is 2.27. The maximum atomic E-state index is 12.2. The summed E-state index contributed by atoms with van der Waals surface area (Å²) < 4.78 is 0. The number of hydrogen-bond donors (Lipinski definition) is 2. The van der Waals surface area contributed by atoms with E-state index in [-0.39, 0.29) is 23.3 Å². The van der Waals surface area contributed by atoms with Crippen molar-refractivity contribution in [1.29, 1.82) is 0 Å². The van der Waals surface area contributed by atoms with E-state index in [0.717, 1.165) is 12.1 Å². The minimum Gasteiger partial charge on any atom is -0.348 e. The van der Waals surface area contributed by atoms with Crippen LogP contribution in [0.1, 0.15) is 45.9 Å². The number of hydrogen-bond acceptors (Lipinski definition) is 3. The van der Waals surface area contributed by atoms with E-state index in [1.165, 1.54) is 0 Å². The molecular formula is C15H25N3O. The molecular weight excluding hydrogens is 238 g/mol. The van der Waals surface area contributed by atoms with Gasteiger partial charge in [0.05, 0.1) is 17.7 Å². The second kappa shape index (κ2) is 6.66. The zero-order valence-electron chi connectivity index (χ0n) is 12.3. The summed E-state index contributed by atoms with van der Waals surface area (Å²) in [5.74, 6) is -0.137. The predicted molar refractivity (Wildman–Crippen MR) is 77.4 cm³/mol. The fourth-order valence-corrected chi connectivity index (χ4v) is 2.06. The fourth-order valence-electron chi connectivity index (χ4n) is 2.06. The van der Waals surface area contributed by atoms with Gasteiger partial charge in [-0.3, -0.25) is 9.78 Å². The van der Waals surface area contributed by atoms with Gasteiger partial charge in [-0.25, -0.2) is 0 Å². The minimum atomic E-state index is -0.147. The van der Waals surface area contributed by atoms with Gasteiger partial charge in [0.15, 0.2) is 0 Å². The number of carbonyl (C=O) groups is 1. The first-order valence-corrected chi connectivity index (χ1v) is 6.75. The molecule has 0 fully saturated rings. The zero-order valence-corrected chi connectivity index (χ0v) is 12.3. The minimum absolute atomic E-state index is 0.00979. The summed E-state index contributed by atoms with van der Waals surface area (Å²) in [5.41, 5.74) is 6.67. The highest BCUT2D eigenvalue weighted by atomic mass is 16.1. The molecule has 0 saturated carbocycles. The van der Waals surface area contributed by atoms with E-state index >= 15 is 0 Å². The van der Waals surface area contributed by atoms with Crippen LogP contribution in [0.5, 0.6) is 0 Å². The molecule has 0 spiro atoms. The molecule has 1 aromatic heterocycles. The Kier molecular flexibility index (Phi) is 5.48. The topological polar surface area (TPSA) is 68.0 Å². The van der Waals surface area contributed by atoms with Crippen LogP contribution in [0.3, 0.4) is 0 Å². The van der Waals surface area contributed by atoms with Gasteiger partial charge in [0.25, 0.3) is 0 Å². The smallest absolute Gasteiger partial charge is 0.224 e. The molecule has 3 N–H and O–H groups in total. The molecule has 2 atom stereocenters. The van der Waals surface area contributed by atoms with Crippen molar-refractivity contribution in [3.63, 3.8) is 0 Å². The van der Waals surface area contributed by atoms with Crippen LogP contribution < -0.4 is 11.1 Å². The Bertz CT molecular complexity index is 398. The summed E-state index contributed by atoms with van der Waals surface area (Å²) in [5, 5.41) is 2.99. The molecule has 1 aromatic rings. The van der Waals surface area contributed by atoms with E-state index in [2.05, 4.69) is 31.1 Å². The lowest BCUT2D eigenvalue weighted by molar-refractivity contribution is -0.126. The Hall–Kier alpha value is -1.42. The van der Waals surface area contributed by atoms with Gasteiger partial charge in [0.1, 0.15) is 0 Å². The first kappa shape index (κ1) is 15.6. The quantitative estimate of drug-likeness (QED) is 0.856. The SMILES string of the molecule is CC(NC(=O)C(CN)CC(C)(C)C)c1ccccn1. The summed E-state index contributed by atoms with van der Waals surface area (Å²) >= 11 is 0. The molecule has 19 heavy (non-hydrogen) atoms. The fraction of sp³-hybridized carbons (Fsp3) is 0.600. The standard InChI is InChI=1S/C15H25N3O/c1-11(13-7-5-6-8-17-13)18-14(19)12(10-16)9-15(2,3)4/h5-8,11-12H,9-10,16H2,1-4H3,(H,18,19). The molecule has 0 saturated heterocycles. The number of amides is 1. The van der Waals surface area contributed by atoms with Crippen LogP contribution in [0.25, 0.3) is 0 Å². The van der Waals surface area contributed by atoms with Crippen molar-refractivity contribution < 1.29 is 4.79 Å². The molecule has 0 aromatic carbocycles. The molecule has 0 aliphatic carbocycles. The molecule has 4 heteroatoms. The van der Waals surface area contributed by atoms with E-state index in [0.29, 0.717) is 6.54 Å². The Morgan fingerprint density at radius 3 is 2.58 bits per heavy atom. The number of carbonyl (C=O) groups excluding carboxylic acids is 1. The van der Waals surface area contributed by atoms with Crippen LogP contribution in [-0.4, -0.2) is 17.4 Å². The highest BCUT2D eigenvalue weighted by molar-refractivity contribution is 5.79. The Balaban J connectivity index is 2.62. The van der Waals surface area contributed by atoms with Crippen molar-refractivity contribution in [1.82, 2.24) is 10.3 Å². The number of nitrogens with zero attached hydrogens (tertiary/aromatic N) is 1. The Morgan fingerprint density at radius 1 is 1.42 bits per heavy atom. The van der Waals surface area contributed by atoms with E-state index in [1.54, 1.807) is 6.20 Å². The average molecular weight is 263 g/mol. The second-order valence-corrected chi connectivity index (χ2v) is 6.18. The largest absolute Gasteiger partial charge is 0.348 e. The summed E-state index contributed by atoms with van der Waals surface area (Å²) in [6.07, 6.45) is 2.51. The lowest BCUT2D eigenvalue weighted by atomic mass is 9.84. The van der Waals surface area contributed by atoms with Crippen molar-refractivity contribution in [3.8, 4) is 0 Å². The van der Waals surface area contributed by atoms with Gasteiger partial charge >= 0.3 is 0 Å². The second-order valence-electron chi connectivity index (χ2n) is 6.18. The van der Waals surface area contributed by atoms with Crippen LogP contribution >= 0.6 is 0 Å². The molecule has 0 aliphatic rings. The van der Waals surface area contributed by atoms with Crippen molar-refractivity contribution >= 4 is 5.91 Å². The van der Waals surface area contributed by atoms with Crippen LogP contribution in [-0.2, 0) is 4.79 Å². The molecule has 4 nitrogen and oxygen atoms in total. The van der Waals surface area contributed by atoms with Crippen LogP contribution in [0.15, 0.2) is 24.4 Å². The summed E-state index contributed by atoms with van der Waals surface area (Å²) in [6, 6.07) is 5.59. The third-order valence-electron chi connectivity index (χ3n) is 3.00.